The number of pyridine rings is 1. The molecule has 3 aromatic rings. The van der Waals surface area contributed by atoms with E-state index in [0.29, 0.717) is 17.5 Å². The maximum atomic E-state index is 12.2. The number of amides is 2. The lowest BCUT2D eigenvalue weighted by atomic mass is 10.0. The van der Waals surface area contributed by atoms with E-state index in [1.807, 2.05) is 36.4 Å². The predicted octanol–water partition coefficient (Wildman–Crippen LogP) is 5.28. The first-order valence-corrected chi connectivity index (χ1v) is 9.64. The minimum absolute atomic E-state index is 0.353. The normalized spacial score (nSPS) is 11.8. The summed E-state index contributed by atoms with van der Waals surface area (Å²) in [7, 11) is 0. The average Bonchev–Trinajstić information content (AvgIpc) is 3.15. The van der Waals surface area contributed by atoms with Gasteiger partial charge in [-0.05, 0) is 60.6 Å². The standard InChI is InChI=1S/C22H26N4O2/c1-3-16(2)4-7-20-15-21(28-26-20)25-22(27)24-19-8-5-17(6-9-19)14-18-10-12-23-13-11-18/h5-6,8-13,15-16H,3-4,7,14H2,1-2H3,(H2,24,25,27). The lowest BCUT2D eigenvalue weighted by Crippen LogP contribution is -2.19. The minimum atomic E-state index is -0.355. The molecule has 2 amide bonds. The quantitative estimate of drug-likeness (QED) is 0.558. The third-order valence-corrected chi connectivity index (χ3v) is 4.76. The molecule has 6 heteroatoms. The van der Waals surface area contributed by atoms with Crippen LogP contribution in [0.2, 0.25) is 0 Å². The lowest BCUT2D eigenvalue weighted by molar-refractivity contribution is 0.261. The SMILES string of the molecule is CCC(C)CCc1cc(NC(=O)Nc2ccc(Cc3ccncc3)cc2)on1. The zero-order chi connectivity index (χ0) is 19.8. The molecular formula is C22H26N4O2. The summed E-state index contributed by atoms with van der Waals surface area (Å²) in [4.78, 5) is 16.2. The van der Waals surface area contributed by atoms with Crippen LogP contribution in [0, 0.1) is 5.92 Å². The Morgan fingerprint density at radius 2 is 1.79 bits per heavy atom. The number of rotatable bonds is 8. The summed E-state index contributed by atoms with van der Waals surface area (Å²) < 4.78 is 5.20. The van der Waals surface area contributed by atoms with Gasteiger partial charge in [-0.3, -0.25) is 10.3 Å². The molecule has 0 fully saturated rings. The van der Waals surface area contributed by atoms with Crippen molar-refractivity contribution in [1.82, 2.24) is 10.1 Å². The van der Waals surface area contributed by atoms with Crippen LogP contribution in [-0.4, -0.2) is 16.2 Å². The lowest BCUT2D eigenvalue weighted by Gasteiger charge is -2.07. The molecule has 2 heterocycles. The van der Waals surface area contributed by atoms with Gasteiger partial charge in [0.1, 0.15) is 0 Å². The number of aryl methyl sites for hydroxylation is 1. The Kier molecular flexibility index (Phi) is 6.78. The molecule has 0 aliphatic heterocycles. The van der Waals surface area contributed by atoms with Crippen LogP contribution in [0.3, 0.4) is 0 Å². The molecule has 28 heavy (non-hydrogen) atoms. The fraction of sp³-hybridized carbons (Fsp3) is 0.318. The Balaban J connectivity index is 1.49. The summed E-state index contributed by atoms with van der Waals surface area (Å²) >= 11 is 0. The van der Waals surface area contributed by atoms with Crippen molar-refractivity contribution in [2.75, 3.05) is 10.6 Å². The largest absolute Gasteiger partial charge is 0.338 e. The Hall–Kier alpha value is -3.15. The van der Waals surface area contributed by atoms with Gasteiger partial charge >= 0.3 is 6.03 Å². The number of nitrogens with zero attached hydrogens (tertiary/aromatic N) is 2. The molecule has 3 rings (SSSR count). The molecule has 6 nitrogen and oxygen atoms in total. The second-order valence-corrected chi connectivity index (χ2v) is 7.04. The number of carbonyl (C=O) groups is 1. The summed E-state index contributed by atoms with van der Waals surface area (Å²) in [6.45, 7) is 4.39. The fourth-order valence-electron chi connectivity index (χ4n) is 2.80. The molecule has 0 radical (unpaired) electrons. The zero-order valence-electron chi connectivity index (χ0n) is 16.3. The van der Waals surface area contributed by atoms with E-state index in [1.54, 1.807) is 18.5 Å². The Bertz CT molecular complexity index is 875. The maximum Gasteiger partial charge on any atom is 0.326 e. The molecule has 0 aliphatic rings. The summed E-state index contributed by atoms with van der Waals surface area (Å²) in [6, 6.07) is 13.2. The summed E-state index contributed by atoms with van der Waals surface area (Å²) in [5.41, 5.74) is 3.94. The molecule has 0 saturated carbocycles. The first kappa shape index (κ1) is 19.6. The number of hydrogen-bond acceptors (Lipinski definition) is 4. The maximum absolute atomic E-state index is 12.2. The van der Waals surface area contributed by atoms with Crippen molar-refractivity contribution in [2.24, 2.45) is 5.92 Å². The van der Waals surface area contributed by atoms with Crippen LogP contribution >= 0.6 is 0 Å². The topological polar surface area (TPSA) is 80.0 Å². The van der Waals surface area contributed by atoms with E-state index in [9.17, 15) is 4.79 Å². The minimum Gasteiger partial charge on any atom is -0.338 e. The van der Waals surface area contributed by atoms with Crippen molar-refractivity contribution in [1.29, 1.82) is 0 Å². The van der Waals surface area contributed by atoms with E-state index in [2.05, 4.69) is 34.6 Å². The third-order valence-electron chi connectivity index (χ3n) is 4.76. The molecule has 1 unspecified atom stereocenters. The van der Waals surface area contributed by atoms with Gasteiger partial charge in [0, 0.05) is 24.1 Å². The van der Waals surface area contributed by atoms with Gasteiger partial charge in [0.15, 0.2) is 0 Å². The van der Waals surface area contributed by atoms with E-state index in [0.717, 1.165) is 31.4 Å². The summed E-state index contributed by atoms with van der Waals surface area (Å²) in [6.07, 6.45) is 7.45. The van der Waals surface area contributed by atoms with Crippen molar-refractivity contribution in [2.45, 2.75) is 39.5 Å². The highest BCUT2D eigenvalue weighted by Crippen LogP contribution is 2.17. The van der Waals surface area contributed by atoms with Gasteiger partial charge in [-0.2, -0.15) is 0 Å². The smallest absolute Gasteiger partial charge is 0.326 e. The molecule has 0 aliphatic carbocycles. The molecule has 0 bridgehead atoms. The Morgan fingerprint density at radius 1 is 1.07 bits per heavy atom. The van der Waals surface area contributed by atoms with E-state index >= 15 is 0 Å². The van der Waals surface area contributed by atoms with Crippen molar-refractivity contribution in [3.8, 4) is 0 Å². The van der Waals surface area contributed by atoms with Crippen molar-refractivity contribution in [3.05, 3.63) is 71.7 Å². The van der Waals surface area contributed by atoms with E-state index in [-0.39, 0.29) is 6.03 Å². The molecular weight excluding hydrogens is 352 g/mol. The number of benzene rings is 1. The van der Waals surface area contributed by atoms with Crippen molar-refractivity contribution < 1.29 is 9.32 Å². The van der Waals surface area contributed by atoms with Crippen LogP contribution in [0.1, 0.15) is 43.5 Å². The van der Waals surface area contributed by atoms with Crippen LogP contribution in [0.15, 0.2) is 59.4 Å². The van der Waals surface area contributed by atoms with E-state index in [4.69, 9.17) is 4.52 Å². The number of anilines is 2. The zero-order valence-corrected chi connectivity index (χ0v) is 16.3. The van der Waals surface area contributed by atoms with E-state index < -0.39 is 0 Å². The molecule has 146 valence electrons. The highest BCUT2D eigenvalue weighted by atomic mass is 16.5. The second-order valence-electron chi connectivity index (χ2n) is 7.04. The number of urea groups is 1. The van der Waals surface area contributed by atoms with E-state index in [1.165, 1.54) is 11.1 Å². The number of carbonyl (C=O) groups excluding carboxylic acids is 1. The molecule has 0 spiro atoms. The van der Waals surface area contributed by atoms with Crippen molar-refractivity contribution in [3.63, 3.8) is 0 Å². The summed E-state index contributed by atoms with van der Waals surface area (Å²) in [5.74, 6) is 1.00. The second kappa shape index (κ2) is 9.69. The van der Waals surface area contributed by atoms with Gasteiger partial charge in [-0.25, -0.2) is 4.79 Å². The Labute approximate surface area is 165 Å². The third kappa shape index (κ3) is 5.94. The predicted molar refractivity (Wildman–Crippen MR) is 110 cm³/mol. The molecule has 2 aromatic heterocycles. The van der Waals surface area contributed by atoms with Crippen LogP contribution in [0.4, 0.5) is 16.4 Å². The van der Waals surface area contributed by atoms with Gasteiger partial charge in [0.25, 0.3) is 0 Å². The van der Waals surface area contributed by atoms with Crippen LogP contribution < -0.4 is 10.6 Å². The average molecular weight is 378 g/mol. The Morgan fingerprint density at radius 3 is 2.50 bits per heavy atom. The highest BCUT2D eigenvalue weighted by molar-refractivity contribution is 5.98. The van der Waals surface area contributed by atoms with Gasteiger partial charge in [-0.1, -0.05) is 37.6 Å². The molecule has 1 aromatic carbocycles. The first-order chi connectivity index (χ1) is 13.6. The number of hydrogen-bond donors (Lipinski definition) is 2. The van der Waals surface area contributed by atoms with Crippen LogP contribution in [0.5, 0.6) is 0 Å². The van der Waals surface area contributed by atoms with Gasteiger partial charge in [0.05, 0.1) is 5.69 Å². The fourth-order valence-corrected chi connectivity index (χ4v) is 2.80. The molecule has 2 N–H and O–H groups in total. The van der Waals surface area contributed by atoms with Gasteiger partial charge in [-0.15, -0.1) is 0 Å². The monoisotopic (exact) mass is 378 g/mol. The highest BCUT2D eigenvalue weighted by Gasteiger charge is 2.09. The first-order valence-electron chi connectivity index (χ1n) is 9.64. The summed E-state index contributed by atoms with van der Waals surface area (Å²) in [5, 5.41) is 9.50. The van der Waals surface area contributed by atoms with Crippen molar-refractivity contribution >= 4 is 17.6 Å². The van der Waals surface area contributed by atoms with Gasteiger partial charge in [0.2, 0.25) is 5.88 Å². The number of nitrogens with one attached hydrogen (secondary N) is 2. The van der Waals surface area contributed by atoms with Crippen LogP contribution in [0.25, 0.3) is 0 Å². The van der Waals surface area contributed by atoms with Gasteiger partial charge < -0.3 is 9.84 Å². The van der Waals surface area contributed by atoms with Crippen LogP contribution in [-0.2, 0) is 12.8 Å². The molecule has 1 atom stereocenters. The molecule has 0 saturated heterocycles. The number of aromatic nitrogens is 2.